The van der Waals surface area contributed by atoms with E-state index in [1.165, 1.54) is 6.92 Å². The Labute approximate surface area is 245 Å². The summed E-state index contributed by atoms with van der Waals surface area (Å²) in [6, 6.07) is 0. The van der Waals surface area contributed by atoms with Gasteiger partial charge in [0, 0.05) is 17.3 Å². The Morgan fingerprint density at radius 3 is 2.29 bits per heavy atom. The van der Waals surface area contributed by atoms with Crippen LogP contribution in [-0.2, 0) is 14.3 Å². The number of carbonyl (C=O) groups excluding carboxylic acids is 1. The monoisotopic (exact) mass is 656 g/mol. The summed E-state index contributed by atoms with van der Waals surface area (Å²) in [6.45, 7) is 14.9. The van der Waals surface area contributed by atoms with Crippen LogP contribution < -0.4 is 0 Å². The van der Waals surface area contributed by atoms with Crippen molar-refractivity contribution in [2.24, 2.45) is 39.9 Å². The highest BCUT2D eigenvalue weighted by molar-refractivity contribution is 9.11. The van der Waals surface area contributed by atoms with E-state index in [1.807, 2.05) is 13.8 Å². The van der Waals surface area contributed by atoms with E-state index in [9.17, 15) is 19.8 Å². The summed E-state index contributed by atoms with van der Waals surface area (Å²) in [5, 5.41) is 22.4. The van der Waals surface area contributed by atoms with Crippen LogP contribution in [0.1, 0.15) is 99.8 Å². The third-order valence-corrected chi connectivity index (χ3v) is 14.2. The van der Waals surface area contributed by atoms with Gasteiger partial charge in [0.05, 0.1) is 6.10 Å². The Kier molecular flexibility index (Phi) is 8.48. The SMILES string of the molecule is CC(=O)OC1CC2(C)C(C[C@@H](O)C3C4(C)CCC(Br)[C@@H](C)C4CC[C@@]32C)/C1=C(\CCC(Br)=C(C)C)C(=O)O. The molecule has 38 heavy (non-hydrogen) atoms. The maximum Gasteiger partial charge on any atom is 0.331 e. The number of alkyl halides is 1. The first-order valence-electron chi connectivity index (χ1n) is 14.4. The van der Waals surface area contributed by atoms with Gasteiger partial charge >= 0.3 is 11.9 Å². The minimum Gasteiger partial charge on any atom is -0.478 e. The minimum atomic E-state index is -0.947. The van der Waals surface area contributed by atoms with Gasteiger partial charge in [0.15, 0.2) is 0 Å². The van der Waals surface area contributed by atoms with Crippen molar-refractivity contribution in [1.29, 1.82) is 0 Å². The molecule has 2 N–H and O–H groups in total. The van der Waals surface area contributed by atoms with Crippen LogP contribution in [0, 0.1) is 39.9 Å². The number of aliphatic hydroxyl groups excluding tert-OH is 1. The van der Waals surface area contributed by atoms with Crippen LogP contribution in [-0.4, -0.2) is 39.2 Å². The summed E-state index contributed by atoms with van der Waals surface area (Å²) in [6.07, 6.45) is 5.30. The first-order valence-corrected chi connectivity index (χ1v) is 16.1. The van der Waals surface area contributed by atoms with Crippen LogP contribution >= 0.6 is 31.9 Å². The molecule has 0 spiro atoms. The Balaban J connectivity index is 1.83. The molecule has 0 aromatic rings. The fourth-order valence-electron chi connectivity index (χ4n) is 9.74. The number of carbonyl (C=O) groups is 2. The lowest BCUT2D eigenvalue weighted by atomic mass is 9.36. The fraction of sp³-hybridized carbons (Fsp3) is 0.806. The highest BCUT2D eigenvalue weighted by Crippen LogP contribution is 2.74. The van der Waals surface area contributed by atoms with E-state index in [0.717, 1.165) is 41.3 Å². The Morgan fingerprint density at radius 2 is 1.71 bits per heavy atom. The molecule has 0 heterocycles. The van der Waals surface area contributed by atoms with Gasteiger partial charge in [0.2, 0.25) is 0 Å². The van der Waals surface area contributed by atoms with Crippen molar-refractivity contribution in [3.05, 3.63) is 21.2 Å². The fourth-order valence-corrected chi connectivity index (χ4v) is 10.5. The predicted octanol–water partition coefficient (Wildman–Crippen LogP) is 7.79. The third kappa shape index (κ3) is 4.68. The van der Waals surface area contributed by atoms with Crippen LogP contribution in [0.25, 0.3) is 0 Å². The van der Waals surface area contributed by atoms with Crippen molar-refractivity contribution in [1.82, 2.24) is 0 Å². The summed E-state index contributed by atoms with van der Waals surface area (Å²) < 4.78 is 6.92. The average Bonchev–Trinajstić information content (AvgIpc) is 3.08. The first kappa shape index (κ1) is 30.3. The molecule has 4 rings (SSSR count). The number of aliphatic hydroxyl groups is 1. The molecule has 7 heteroatoms. The quantitative estimate of drug-likeness (QED) is 0.179. The number of carboxylic acid groups (broad SMARTS) is 1. The molecule has 7 unspecified atom stereocenters. The van der Waals surface area contributed by atoms with Gasteiger partial charge in [-0.3, -0.25) is 4.79 Å². The Hall–Kier alpha value is -0.660. The van der Waals surface area contributed by atoms with Crippen LogP contribution in [0.2, 0.25) is 0 Å². The number of aliphatic carboxylic acids is 1. The molecule has 0 aliphatic heterocycles. The molecule has 0 amide bonds. The van der Waals surface area contributed by atoms with Gasteiger partial charge < -0.3 is 14.9 Å². The zero-order valence-corrected chi connectivity index (χ0v) is 27.2. The van der Waals surface area contributed by atoms with Gasteiger partial charge in [-0.1, -0.05) is 65.1 Å². The van der Waals surface area contributed by atoms with Gasteiger partial charge in [-0.05, 0) is 115 Å². The number of hydrogen-bond donors (Lipinski definition) is 2. The molecule has 0 bridgehead atoms. The average molecular weight is 659 g/mol. The van der Waals surface area contributed by atoms with Crippen LogP contribution in [0.4, 0.5) is 0 Å². The number of rotatable bonds is 5. The second kappa shape index (κ2) is 10.6. The summed E-state index contributed by atoms with van der Waals surface area (Å²) in [4.78, 5) is 25.5. The van der Waals surface area contributed by atoms with Crippen molar-refractivity contribution in [3.63, 3.8) is 0 Å². The van der Waals surface area contributed by atoms with Crippen molar-refractivity contribution in [3.8, 4) is 0 Å². The highest BCUT2D eigenvalue weighted by atomic mass is 79.9. The van der Waals surface area contributed by atoms with E-state index < -0.39 is 18.2 Å². The third-order valence-electron chi connectivity index (χ3n) is 11.7. The first-order chi connectivity index (χ1) is 17.6. The van der Waals surface area contributed by atoms with Gasteiger partial charge in [-0.2, -0.15) is 0 Å². The van der Waals surface area contributed by atoms with Crippen molar-refractivity contribution in [2.45, 2.75) is 117 Å². The molecule has 0 aromatic heterocycles. The summed E-state index contributed by atoms with van der Waals surface area (Å²) in [5.41, 5.74) is 1.77. The zero-order chi connectivity index (χ0) is 28.4. The number of esters is 1. The highest BCUT2D eigenvalue weighted by Gasteiger charge is 2.70. The van der Waals surface area contributed by atoms with Crippen LogP contribution in [0.5, 0.6) is 0 Å². The van der Waals surface area contributed by atoms with E-state index in [1.54, 1.807) is 0 Å². The minimum absolute atomic E-state index is 0.0252. The largest absolute Gasteiger partial charge is 0.478 e. The molecule has 0 aromatic carbocycles. The predicted molar refractivity (Wildman–Crippen MR) is 157 cm³/mol. The molecule has 4 fully saturated rings. The smallest absolute Gasteiger partial charge is 0.331 e. The van der Waals surface area contributed by atoms with Gasteiger partial charge in [-0.25, -0.2) is 4.79 Å². The topological polar surface area (TPSA) is 83.8 Å². The van der Waals surface area contributed by atoms with E-state index in [0.29, 0.717) is 47.9 Å². The van der Waals surface area contributed by atoms with Crippen molar-refractivity contribution < 1.29 is 24.5 Å². The molecular formula is C31H46Br2O5. The lowest BCUT2D eigenvalue weighted by molar-refractivity contribution is -0.224. The molecule has 10 atom stereocenters. The van der Waals surface area contributed by atoms with Gasteiger partial charge in [0.1, 0.15) is 6.10 Å². The number of allylic oxidation sites excluding steroid dienone is 2. The van der Waals surface area contributed by atoms with E-state index in [4.69, 9.17) is 4.74 Å². The maximum atomic E-state index is 12.7. The summed E-state index contributed by atoms with van der Waals surface area (Å²) >= 11 is 7.54. The second-order valence-corrected chi connectivity index (χ2v) is 15.8. The molecule has 214 valence electrons. The number of carboxylic acids is 1. The molecule has 4 saturated carbocycles. The lowest BCUT2D eigenvalue weighted by Gasteiger charge is -2.69. The van der Waals surface area contributed by atoms with Crippen molar-refractivity contribution in [2.75, 3.05) is 0 Å². The number of ether oxygens (including phenoxy) is 1. The number of halogens is 2. The van der Waals surface area contributed by atoms with E-state index in [2.05, 4.69) is 59.6 Å². The molecule has 0 radical (unpaired) electrons. The Morgan fingerprint density at radius 1 is 1.05 bits per heavy atom. The maximum absolute atomic E-state index is 12.7. The molecule has 5 nitrogen and oxygen atoms in total. The molecular weight excluding hydrogens is 612 g/mol. The molecule has 4 aliphatic carbocycles. The lowest BCUT2D eigenvalue weighted by Crippen LogP contribution is -2.65. The normalized spacial score (nSPS) is 45.4. The summed E-state index contributed by atoms with van der Waals surface area (Å²) in [5.74, 6) is -0.237. The number of hydrogen-bond acceptors (Lipinski definition) is 4. The molecule has 0 saturated heterocycles. The number of fused-ring (bicyclic) bond motifs is 5. The van der Waals surface area contributed by atoms with E-state index >= 15 is 0 Å². The Bertz CT molecular complexity index is 1050. The van der Waals surface area contributed by atoms with Crippen LogP contribution in [0.15, 0.2) is 21.2 Å². The van der Waals surface area contributed by atoms with Gasteiger partial charge in [-0.15, -0.1) is 0 Å². The van der Waals surface area contributed by atoms with E-state index in [-0.39, 0.29) is 34.1 Å². The zero-order valence-electron chi connectivity index (χ0n) is 24.1. The summed E-state index contributed by atoms with van der Waals surface area (Å²) in [7, 11) is 0. The standard InChI is InChI=1S/C31H46Br2O5/c1-16(2)22(32)9-8-19(28(36)37)26-21-14-24(35)27-29(5)12-11-23(33)17(3)20(29)10-13-30(27,6)31(21,7)15-25(26)38-18(4)34/h17,20-21,23-25,27,35H,8-15H2,1-7H3,(H,36,37)/b26-19-/t17-,20?,21?,23?,24+,25?,27?,29?,30-,31?/m0/s1. The molecule has 4 aliphatic rings. The van der Waals surface area contributed by atoms with Crippen molar-refractivity contribution >= 4 is 43.8 Å². The van der Waals surface area contributed by atoms with Crippen LogP contribution in [0.3, 0.4) is 0 Å². The second-order valence-electron chi connectivity index (χ2n) is 13.7. The van der Waals surface area contributed by atoms with Gasteiger partial charge in [0.25, 0.3) is 0 Å².